The van der Waals surface area contributed by atoms with E-state index in [4.69, 9.17) is 16.3 Å². The summed E-state index contributed by atoms with van der Waals surface area (Å²) in [6, 6.07) is 5.66. The van der Waals surface area contributed by atoms with Crippen molar-refractivity contribution in [1.82, 2.24) is 0 Å². The summed E-state index contributed by atoms with van der Waals surface area (Å²) < 4.78 is 5.25. The van der Waals surface area contributed by atoms with Crippen molar-refractivity contribution < 1.29 is 9.53 Å². The standard InChI is InChI=1S/C11H13ClO2/c1-8(7-13)10-5-3-4-9(6-12)11(10)14-2/h3-5,7-8H,6H2,1-2H3. The summed E-state index contributed by atoms with van der Waals surface area (Å²) in [4.78, 5) is 10.7. The van der Waals surface area contributed by atoms with Crippen molar-refractivity contribution in [1.29, 1.82) is 0 Å². The zero-order valence-corrected chi connectivity index (χ0v) is 9.04. The highest BCUT2D eigenvalue weighted by Crippen LogP contribution is 2.30. The lowest BCUT2D eigenvalue weighted by Gasteiger charge is -2.13. The van der Waals surface area contributed by atoms with Crippen LogP contribution in [0.4, 0.5) is 0 Å². The van der Waals surface area contributed by atoms with E-state index < -0.39 is 0 Å². The van der Waals surface area contributed by atoms with Gasteiger partial charge in [-0.05, 0) is 0 Å². The molecule has 0 amide bonds. The molecule has 76 valence electrons. The van der Waals surface area contributed by atoms with E-state index in [2.05, 4.69) is 0 Å². The largest absolute Gasteiger partial charge is 0.496 e. The van der Waals surface area contributed by atoms with Gasteiger partial charge in [0.1, 0.15) is 12.0 Å². The van der Waals surface area contributed by atoms with Crippen LogP contribution in [-0.4, -0.2) is 13.4 Å². The first-order valence-electron chi connectivity index (χ1n) is 4.41. The van der Waals surface area contributed by atoms with Crippen molar-refractivity contribution in [3.05, 3.63) is 29.3 Å². The topological polar surface area (TPSA) is 26.3 Å². The third-order valence-electron chi connectivity index (χ3n) is 2.17. The number of ether oxygens (including phenoxy) is 1. The molecule has 0 aliphatic rings. The van der Waals surface area contributed by atoms with Crippen LogP contribution < -0.4 is 4.74 Å². The molecule has 0 saturated carbocycles. The molecule has 0 aliphatic carbocycles. The lowest BCUT2D eigenvalue weighted by atomic mass is 9.99. The quantitative estimate of drug-likeness (QED) is 0.567. The highest BCUT2D eigenvalue weighted by molar-refractivity contribution is 6.17. The Morgan fingerprint density at radius 3 is 2.79 bits per heavy atom. The molecular weight excluding hydrogens is 200 g/mol. The molecule has 0 bridgehead atoms. The predicted molar refractivity (Wildman–Crippen MR) is 57.0 cm³/mol. The smallest absolute Gasteiger partial charge is 0.127 e. The maximum Gasteiger partial charge on any atom is 0.127 e. The summed E-state index contributed by atoms with van der Waals surface area (Å²) in [5.41, 5.74) is 1.81. The minimum atomic E-state index is -0.159. The number of carbonyl (C=O) groups is 1. The molecule has 1 rings (SSSR count). The van der Waals surface area contributed by atoms with E-state index in [1.807, 2.05) is 25.1 Å². The maximum absolute atomic E-state index is 10.7. The van der Waals surface area contributed by atoms with E-state index in [-0.39, 0.29) is 5.92 Å². The third-order valence-corrected chi connectivity index (χ3v) is 2.46. The lowest BCUT2D eigenvalue weighted by molar-refractivity contribution is -0.108. The fraction of sp³-hybridized carbons (Fsp3) is 0.364. The molecule has 0 radical (unpaired) electrons. The van der Waals surface area contributed by atoms with Gasteiger partial charge < -0.3 is 9.53 Å². The Labute approximate surface area is 88.8 Å². The normalized spacial score (nSPS) is 12.2. The van der Waals surface area contributed by atoms with Gasteiger partial charge in [0.05, 0.1) is 13.0 Å². The molecule has 0 spiro atoms. The van der Waals surface area contributed by atoms with E-state index in [1.165, 1.54) is 0 Å². The lowest BCUT2D eigenvalue weighted by Crippen LogP contribution is -2.00. The van der Waals surface area contributed by atoms with E-state index in [1.54, 1.807) is 7.11 Å². The first-order valence-corrected chi connectivity index (χ1v) is 4.95. The van der Waals surface area contributed by atoms with Gasteiger partial charge in [0.25, 0.3) is 0 Å². The summed E-state index contributed by atoms with van der Waals surface area (Å²) in [6.07, 6.45) is 0.899. The Morgan fingerprint density at radius 2 is 2.29 bits per heavy atom. The van der Waals surface area contributed by atoms with E-state index >= 15 is 0 Å². The van der Waals surface area contributed by atoms with Crippen LogP contribution in [0.1, 0.15) is 24.0 Å². The fourth-order valence-corrected chi connectivity index (χ4v) is 1.60. The van der Waals surface area contributed by atoms with Gasteiger partial charge >= 0.3 is 0 Å². The molecule has 0 heterocycles. The Bertz CT molecular complexity index is 323. The molecule has 1 unspecified atom stereocenters. The summed E-state index contributed by atoms with van der Waals surface area (Å²) in [5.74, 6) is 0.956. The number of methoxy groups -OCH3 is 1. The zero-order chi connectivity index (χ0) is 10.6. The summed E-state index contributed by atoms with van der Waals surface area (Å²) in [7, 11) is 1.59. The van der Waals surface area contributed by atoms with Crippen molar-refractivity contribution in [3.63, 3.8) is 0 Å². The minimum absolute atomic E-state index is 0.159. The van der Waals surface area contributed by atoms with Crippen molar-refractivity contribution in [2.45, 2.75) is 18.7 Å². The van der Waals surface area contributed by atoms with E-state index in [0.717, 1.165) is 23.2 Å². The van der Waals surface area contributed by atoms with Crippen LogP contribution in [0.15, 0.2) is 18.2 Å². The number of rotatable bonds is 4. The monoisotopic (exact) mass is 212 g/mol. The second-order valence-corrected chi connectivity index (χ2v) is 3.37. The molecule has 14 heavy (non-hydrogen) atoms. The van der Waals surface area contributed by atoms with Gasteiger partial charge in [-0.25, -0.2) is 0 Å². The first kappa shape index (κ1) is 11.1. The number of carbonyl (C=O) groups excluding carboxylic acids is 1. The van der Waals surface area contributed by atoms with Gasteiger partial charge in [-0.1, -0.05) is 25.1 Å². The van der Waals surface area contributed by atoms with Gasteiger partial charge in [0, 0.05) is 17.0 Å². The number of halogens is 1. The second kappa shape index (κ2) is 5.01. The zero-order valence-electron chi connectivity index (χ0n) is 8.29. The molecule has 1 atom stereocenters. The van der Waals surface area contributed by atoms with Crippen LogP contribution in [0, 0.1) is 0 Å². The summed E-state index contributed by atoms with van der Waals surface area (Å²) in [6.45, 7) is 1.84. The number of alkyl halides is 1. The Hall–Kier alpha value is -1.02. The van der Waals surface area contributed by atoms with Crippen molar-refractivity contribution in [2.24, 2.45) is 0 Å². The number of benzene rings is 1. The highest BCUT2D eigenvalue weighted by Gasteiger charge is 2.13. The highest BCUT2D eigenvalue weighted by atomic mass is 35.5. The second-order valence-electron chi connectivity index (χ2n) is 3.10. The molecular formula is C11H13ClO2. The predicted octanol–water partition coefficient (Wildman–Crippen LogP) is 2.74. The van der Waals surface area contributed by atoms with Crippen LogP contribution in [0.3, 0.4) is 0 Å². The van der Waals surface area contributed by atoms with Gasteiger partial charge in [0.2, 0.25) is 0 Å². The first-order chi connectivity index (χ1) is 6.74. The average molecular weight is 213 g/mol. The van der Waals surface area contributed by atoms with Crippen LogP contribution in [0.2, 0.25) is 0 Å². The third kappa shape index (κ3) is 2.07. The van der Waals surface area contributed by atoms with Gasteiger partial charge in [0.15, 0.2) is 0 Å². The van der Waals surface area contributed by atoms with Gasteiger partial charge in [-0.15, -0.1) is 11.6 Å². The Balaban J connectivity index is 3.21. The number of hydrogen-bond donors (Lipinski definition) is 0. The average Bonchev–Trinajstić information content (AvgIpc) is 2.26. The van der Waals surface area contributed by atoms with Crippen LogP contribution in [0.25, 0.3) is 0 Å². The van der Waals surface area contributed by atoms with Gasteiger partial charge in [-0.3, -0.25) is 0 Å². The molecule has 0 fully saturated rings. The maximum atomic E-state index is 10.7. The summed E-state index contributed by atoms with van der Waals surface area (Å²) >= 11 is 5.76. The minimum Gasteiger partial charge on any atom is -0.496 e. The van der Waals surface area contributed by atoms with Crippen molar-refractivity contribution >= 4 is 17.9 Å². The van der Waals surface area contributed by atoms with Crippen LogP contribution in [0.5, 0.6) is 5.75 Å². The van der Waals surface area contributed by atoms with Gasteiger partial charge in [-0.2, -0.15) is 0 Å². The molecule has 3 heteroatoms. The molecule has 0 aromatic heterocycles. The molecule has 0 N–H and O–H groups in total. The number of para-hydroxylation sites is 1. The molecule has 2 nitrogen and oxygen atoms in total. The van der Waals surface area contributed by atoms with Crippen LogP contribution in [-0.2, 0) is 10.7 Å². The van der Waals surface area contributed by atoms with E-state index in [0.29, 0.717) is 5.88 Å². The number of hydrogen-bond acceptors (Lipinski definition) is 2. The molecule has 1 aromatic carbocycles. The Kier molecular flexibility index (Phi) is 3.96. The molecule has 1 aromatic rings. The summed E-state index contributed by atoms with van der Waals surface area (Å²) in [5, 5.41) is 0. The molecule has 0 saturated heterocycles. The SMILES string of the molecule is COc1c(CCl)cccc1C(C)C=O. The fourth-order valence-electron chi connectivity index (χ4n) is 1.39. The van der Waals surface area contributed by atoms with Crippen molar-refractivity contribution in [2.75, 3.05) is 7.11 Å². The Morgan fingerprint density at radius 1 is 1.57 bits per heavy atom. The van der Waals surface area contributed by atoms with E-state index in [9.17, 15) is 4.79 Å². The van der Waals surface area contributed by atoms with Crippen molar-refractivity contribution in [3.8, 4) is 5.75 Å². The molecule has 0 aliphatic heterocycles. The van der Waals surface area contributed by atoms with Crippen LogP contribution >= 0.6 is 11.6 Å². The number of aldehydes is 1.